The molecule has 0 aromatic heterocycles. The van der Waals surface area contributed by atoms with Gasteiger partial charge in [-0.3, -0.25) is 9.59 Å². The molecule has 3 rings (SSSR count). The van der Waals surface area contributed by atoms with Gasteiger partial charge in [-0.25, -0.2) is 0 Å². The molecular formula is C20H28N2O3. The Balaban J connectivity index is 1.62. The van der Waals surface area contributed by atoms with E-state index in [0.29, 0.717) is 24.8 Å². The number of rotatable bonds is 4. The summed E-state index contributed by atoms with van der Waals surface area (Å²) in [6.45, 7) is 5.06. The van der Waals surface area contributed by atoms with Gasteiger partial charge in [-0.05, 0) is 42.5 Å². The number of hydrogen-bond donors (Lipinski definition) is 1. The van der Waals surface area contributed by atoms with Crippen molar-refractivity contribution in [2.24, 2.45) is 17.8 Å². The fourth-order valence-corrected chi connectivity index (χ4v) is 4.14. The SMILES string of the molecule is COc1ccc(NC(=O)[C@@H]2CC(=O)N([C@@H]3CCC[C@H](C)[C@@H]3C)C2)cc1. The molecule has 25 heavy (non-hydrogen) atoms. The van der Waals surface area contributed by atoms with Gasteiger partial charge in [0.25, 0.3) is 0 Å². The lowest BCUT2D eigenvalue weighted by Gasteiger charge is -2.40. The molecule has 1 heterocycles. The van der Waals surface area contributed by atoms with Gasteiger partial charge in [0.05, 0.1) is 13.0 Å². The third-order valence-electron chi connectivity index (χ3n) is 5.95. The molecule has 1 saturated carbocycles. The third-order valence-corrected chi connectivity index (χ3v) is 5.95. The summed E-state index contributed by atoms with van der Waals surface area (Å²) >= 11 is 0. The molecule has 1 N–H and O–H groups in total. The smallest absolute Gasteiger partial charge is 0.229 e. The van der Waals surface area contributed by atoms with Gasteiger partial charge < -0.3 is 15.0 Å². The first kappa shape index (κ1) is 17.8. The maximum Gasteiger partial charge on any atom is 0.229 e. The first-order valence-corrected chi connectivity index (χ1v) is 9.24. The normalized spacial score (nSPS) is 29.6. The van der Waals surface area contributed by atoms with Crippen molar-refractivity contribution in [3.05, 3.63) is 24.3 Å². The summed E-state index contributed by atoms with van der Waals surface area (Å²) in [5, 5.41) is 2.93. The van der Waals surface area contributed by atoms with Gasteiger partial charge in [0.2, 0.25) is 11.8 Å². The highest BCUT2D eigenvalue weighted by molar-refractivity contribution is 5.97. The molecule has 5 nitrogen and oxygen atoms in total. The molecule has 4 atom stereocenters. The number of hydrogen-bond acceptors (Lipinski definition) is 3. The van der Waals surface area contributed by atoms with E-state index in [9.17, 15) is 9.59 Å². The van der Waals surface area contributed by atoms with E-state index in [4.69, 9.17) is 4.74 Å². The molecular weight excluding hydrogens is 316 g/mol. The van der Waals surface area contributed by atoms with E-state index in [-0.39, 0.29) is 23.8 Å². The van der Waals surface area contributed by atoms with Crippen LogP contribution in [0.5, 0.6) is 5.75 Å². The van der Waals surface area contributed by atoms with Crippen LogP contribution in [-0.2, 0) is 9.59 Å². The largest absolute Gasteiger partial charge is 0.497 e. The highest BCUT2D eigenvalue weighted by Gasteiger charge is 2.41. The second kappa shape index (κ2) is 7.46. The molecule has 1 aliphatic heterocycles. The van der Waals surface area contributed by atoms with Crippen molar-refractivity contribution in [3.8, 4) is 5.75 Å². The number of methoxy groups -OCH3 is 1. The van der Waals surface area contributed by atoms with Crippen LogP contribution in [-0.4, -0.2) is 36.4 Å². The zero-order valence-electron chi connectivity index (χ0n) is 15.3. The van der Waals surface area contributed by atoms with Gasteiger partial charge in [0, 0.05) is 24.7 Å². The van der Waals surface area contributed by atoms with Crippen LogP contribution in [0.25, 0.3) is 0 Å². The number of ether oxygens (including phenoxy) is 1. The van der Waals surface area contributed by atoms with E-state index in [1.54, 1.807) is 7.11 Å². The summed E-state index contributed by atoms with van der Waals surface area (Å²) in [5.74, 6) is 1.68. The molecule has 0 spiro atoms. The topological polar surface area (TPSA) is 58.6 Å². The molecule has 1 saturated heterocycles. The Morgan fingerprint density at radius 3 is 2.60 bits per heavy atom. The zero-order valence-corrected chi connectivity index (χ0v) is 15.3. The Hall–Kier alpha value is -2.04. The lowest BCUT2D eigenvalue weighted by molar-refractivity contribution is -0.131. The number of likely N-dealkylation sites (tertiary alicyclic amines) is 1. The Labute approximate surface area is 149 Å². The third kappa shape index (κ3) is 3.80. The molecule has 5 heteroatoms. The van der Waals surface area contributed by atoms with Crippen molar-refractivity contribution in [3.63, 3.8) is 0 Å². The van der Waals surface area contributed by atoms with Gasteiger partial charge in [0.15, 0.2) is 0 Å². The van der Waals surface area contributed by atoms with Gasteiger partial charge in [-0.1, -0.05) is 26.7 Å². The van der Waals surface area contributed by atoms with E-state index in [2.05, 4.69) is 19.2 Å². The number of anilines is 1. The number of nitrogens with one attached hydrogen (secondary N) is 1. The van der Waals surface area contributed by atoms with Crippen molar-refractivity contribution in [1.82, 2.24) is 4.90 Å². The molecule has 2 aliphatic rings. The van der Waals surface area contributed by atoms with Crippen molar-refractivity contribution in [2.75, 3.05) is 19.0 Å². The van der Waals surface area contributed by atoms with Crippen LogP contribution in [0.3, 0.4) is 0 Å². The average Bonchev–Trinajstić information content (AvgIpc) is 3.00. The zero-order chi connectivity index (χ0) is 18.0. The van der Waals surface area contributed by atoms with Gasteiger partial charge in [0.1, 0.15) is 5.75 Å². The standard InChI is InChI=1S/C20H28N2O3/c1-13-5-4-6-18(14(13)2)22-12-15(11-19(22)23)20(24)21-16-7-9-17(25-3)10-8-16/h7-10,13-15,18H,4-6,11-12H2,1-3H3,(H,21,24)/t13-,14-,15+,18+/m0/s1. The first-order chi connectivity index (χ1) is 12.0. The number of amides is 2. The molecule has 2 fully saturated rings. The minimum atomic E-state index is -0.265. The van der Waals surface area contributed by atoms with Crippen molar-refractivity contribution in [2.45, 2.75) is 45.6 Å². The lowest BCUT2D eigenvalue weighted by atomic mass is 9.77. The molecule has 0 radical (unpaired) electrons. The summed E-state index contributed by atoms with van der Waals surface area (Å²) in [6, 6.07) is 7.54. The second-order valence-electron chi connectivity index (χ2n) is 7.50. The van der Waals surface area contributed by atoms with Crippen molar-refractivity contribution in [1.29, 1.82) is 0 Å². The maximum absolute atomic E-state index is 12.6. The number of benzene rings is 1. The van der Waals surface area contributed by atoms with E-state index < -0.39 is 0 Å². The summed E-state index contributed by atoms with van der Waals surface area (Å²) in [6.07, 6.45) is 3.79. The lowest BCUT2D eigenvalue weighted by Crippen LogP contribution is -2.45. The maximum atomic E-state index is 12.6. The average molecular weight is 344 g/mol. The molecule has 0 bridgehead atoms. The number of carbonyl (C=O) groups is 2. The van der Waals surface area contributed by atoms with Crippen LogP contribution < -0.4 is 10.1 Å². The Kier molecular flexibility index (Phi) is 5.30. The van der Waals surface area contributed by atoms with E-state index in [1.165, 1.54) is 12.8 Å². The first-order valence-electron chi connectivity index (χ1n) is 9.24. The van der Waals surface area contributed by atoms with Crippen LogP contribution in [0, 0.1) is 17.8 Å². The molecule has 0 unspecified atom stereocenters. The van der Waals surface area contributed by atoms with E-state index in [0.717, 1.165) is 17.9 Å². The summed E-state index contributed by atoms with van der Waals surface area (Å²) < 4.78 is 5.12. The van der Waals surface area contributed by atoms with E-state index in [1.807, 2.05) is 29.2 Å². The molecule has 1 aliphatic carbocycles. The predicted molar refractivity (Wildman–Crippen MR) is 97.4 cm³/mol. The quantitative estimate of drug-likeness (QED) is 0.912. The summed E-state index contributed by atoms with van der Waals surface area (Å²) in [4.78, 5) is 27.0. The van der Waals surface area contributed by atoms with Crippen LogP contribution in [0.1, 0.15) is 39.5 Å². The highest BCUT2D eigenvalue weighted by Crippen LogP contribution is 2.36. The van der Waals surface area contributed by atoms with Crippen molar-refractivity contribution >= 4 is 17.5 Å². The minimum absolute atomic E-state index is 0.0717. The summed E-state index contributed by atoms with van der Waals surface area (Å²) in [7, 11) is 1.61. The number of nitrogens with zero attached hydrogens (tertiary/aromatic N) is 1. The predicted octanol–water partition coefficient (Wildman–Crippen LogP) is 3.31. The monoisotopic (exact) mass is 344 g/mol. The van der Waals surface area contributed by atoms with Gasteiger partial charge in [-0.15, -0.1) is 0 Å². The van der Waals surface area contributed by atoms with Crippen molar-refractivity contribution < 1.29 is 14.3 Å². The van der Waals surface area contributed by atoms with Crippen LogP contribution in [0.4, 0.5) is 5.69 Å². The van der Waals surface area contributed by atoms with Crippen LogP contribution in [0.15, 0.2) is 24.3 Å². The summed E-state index contributed by atoms with van der Waals surface area (Å²) in [5.41, 5.74) is 0.733. The van der Waals surface area contributed by atoms with Gasteiger partial charge >= 0.3 is 0 Å². The minimum Gasteiger partial charge on any atom is -0.497 e. The van der Waals surface area contributed by atoms with E-state index >= 15 is 0 Å². The Morgan fingerprint density at radius 1 is 1.20 bits per heavy atom. The molecule has 2 amide bonds. The second-order valence-corrected chi connectivity index (χ2v) is 7.50. The fourth-order valence-electron chi connectivity index (χ4n) is 4.14. The molecule has 136 valence electrons. The Bertz CT molecular complexity index is 628. The highest BCUT2D eigenvalue weighted by atomic mass is 16.5. The number of carbonyl (C=O) groups excluding carboxylic acids is 2. The van der Waals surface area contributed by atoms with Crippen LogP contribution in [0.2, 0.25) is 0 Å². The molecule has 1 aromatic rings. The van der Waals surface area contributed by atoms with Crippen LogP contribution >= 0.6 is 0 Å². The fraction of sp³-hybridized carbons (Fsp3) is 0.600. The Morgan fingerprint density at radius 2 is 1.92 bits per heavy atom. The van der Waals surface area contributed by atoms with Gasteiger partial charge in [-0.2, -0.15) is 0 Å². The molecule has 1 aromatic carbocycles.